The fourth-order valence-electron chi connectivity index (χ4n) is 4.52. The van der Waals surface area contributed by atoms with Gasteiger partial charge < -0.3 is 79.1 Å². The van der Waals surface area contributed by atoms with E-state index in [-0.39, 0.29) is 5.75 Å². The number of carbonyl (C=O) groups excluding carboxylic acids is 11. The zero-order chi connectivity index (χ0) is 49.6. The lowest BCUT2D eigenvalue weighted by molar-refractivity contribution is -0.138. The van der Waals surface area contributed by atoms with Gasteiger partial charge in [-0.1, -0.05) is 5.21 Å². The lowest BCUT2D eigenvalue weighted by Gasteiger charge is -2.20. The van der Waals surface area contributed by atoms with Crippen LogP contribution in [-0.2, 0) is 68.6 Å². The molecule has 16 N–H and O–H groups in total. The number of amides is 11. The molecule has 6 atom stereocenters. The van der Waals surface area contributed by atoms with Crippen LogP contribution < -0.4 is 69.7 Å². The zero-order valence-electron chi connectivity index (χ0n) is 35.2. The van der Waals surface area contributed by atoms with Crippen LogP contribution in [0.25, 0.3) is 0 Å². The van der Waals surface area contributed by atoms with E-state index in [1.807, 2.05) is 0 Å². The molecule has 1 aromatic heterocycles. The fraction of sp³-hybridized carbons (Fsp3) is 0.562. The zero-order valence-corrected chi connectivity index (χ0v) is 36.9. The summed E-state index contributed by atoms with van der Waals surface area (Å²) in [4.78, 5) is 165. The number of hydrogen-bond acceptors (Lipinski definition) is 17. The molecule has 0 radical (unpaired) electrons. The van der Waals surface area contributed by atoms with Crippen molar-refractivity contribution in [3.8, 4) is 0 Å². The Balaban J connectivity index is 2.73. The van der Waals surface area contributed by atoms with Gasteiger partial charge in [0.1, 0.15) is 36.8 Å². The van der Waals surface area contributed by atoms with Gasteiger partial charge in [-0.25, -0.2) is 4.68 Å². The predicted molar refractivity (Wildman–Crippen MR) is 222 cm³/mol. The van der Waals surface area contributed by atoms with Crippen molar-refractivity contribution in [1.29, 1.82) is 0 Å². The van der Waals surface area contributed by atoms with Crippen molar-refractivity contribution < 1.29 is 77.0 Å². The topological polar surface area (TPSA) is 472 Å². The highest BCUT2D eigenvalue weighted by Crippen LogP contribution is 2.31. The summed E-state index contributed by atoms with van der Waals surface area (Å²) in [6.45, 7) is 0.337. The van der Waals surface area contributed by atoms with Crippen molar-refractivity contribution in [1.82, 2.24) is 73.5 Å². The fourth-order valence-corrected chi connectivity index (χ4v) is 5.12. The second-order valence-electron chi connectivity index (χ2n) is 13.6. The van der Waals surface area contributed by atoms with E-state index in [9.17, 15) is 71.9 Å². The summed E-state index contributed by atoms with van der Waals surface area (Å²) < 4.78 is 12.4. The number of nitrogens with two attached hydrogens (primary N) is 1. The van der Waals surface area contributed by atoms with Gasteiger partial charge in [-0.05, 0) is 27.7 Å². The lowest BCUT2D eigenvalue weighted by Crippen LogP contribution is -2.55. The van der Waals surface area contributed by atoms with E-state index in [2.05, 4.69) is 81.4 Å². The summed E-state index contributed by atoms with van der Waals surface area (Å²) in [5.74, 6) is -10.7. The van der Waals surface area contributed by atoms with Gasteiger partial charge in [0, 0.05) is 5.75 Å². The van der Waals surface area contributed by atoms with Crippen LogP contribution in [0.2, 0.25) is 0 Å². The molecule has 362 valence electrons. The number of carboxylic acids is 1. The molecule has 11 amide bonds. The van der Waals surface area contributed by atoms with Crippen molar-refractivity contribution in [2.45, 2.75) is 70.5 Å². The van der Waals surface area contributed by atoms with Crippen LogP contribution in [0.3, 0.4) is 0 Å². The molecule has 0 saturated carbocycles. The van der Waals surface area contributed by atoms with Crippen LogP contribution in [0.4, 0.5) is 0 Å². The van der Waals surface area contributed by atoms with E-state index in [4.69, 9.17) is 10.8 Å². The Labute approximate surface area is 374 Å². The van der Waals surface area contributed by atoms with Crippen LogP contribution in [0.1, 0.15) is 27.7 Å². The Kier molecular flexibility index (Phi) is 23.7. The van der Waals surface area contributed by atoms with Crippen molar-refractivity contribution in [2.24, 2.45) is 5.73 Å². The van der Waals surface area contributed by atoms with Crippen molar-refractivity contribution in [3.63, 3.8) is 0 Å². The first-order chi connectivity index (χ1) is 30.2. The molecule has 0 spiro atoms. The van der Waals surface area contributed by atoms with Gasteiger partial charge in [-0.3, -0.25) is 62.1 Å². The molecule has 31 nitrogen and oxygen atoms in total. The number of nitrogens with one attached hydrogen (secondary N) is 11. The van der Waals surface area contributed by atoms with Gasteiger partial charge >= 0.3 is 13.6 Å². The molecule has 0 aromatic carbocycles. The first kappa shape index (κ1) is 56.3. The molecule has 0 fully saturated rings. The summed E-state index contributed by atoms with van der Waals surface area (Å²) >= 11 is 3.87. The van der Waals surface area contributed by atoms with E-state index in [0.717, 1.165) is 10.9 Å². The molecule has 1 aromatic rings. The molecule has 1 rings (SSSR count). The third-order valence-corrected chi connectivity index (χ3v) is 9.19. The summed E-state index contributed by atoms with van der Waals surface area (Å²) in [7, 11) is -4.89. The monoisotopic (exact) mass is 965 g/mol. The molecule has 33 heteroatoms. The second-order valence-corrected chi connectivity index (χ2v) is 15.5. The molecule has 0 unspecified atom stereocenters. The molecule has 0 saturated heterocycles. The highest BCUT2D eigenvalue weighted by Gasteiger charge is 2.28. The quantitative estimate of drug-likeness (QED) is 0.0287. The number of rotatable bonds is 27. The maximum absolute atomic E-state index is 13.1. The number of thiol groups is 1. The third-order valence-electron chi connectivity index (χ3n) is 7.99. The van der Waals surface area contributed by atoms with E-state index in [0.29, 0.717) is 0 Å². The molecule has 1 heterocycles. The molecule has 0 aliphatic carbocycles. The van der Waals surface area contributed by atoms with Crippen LogP contribution in [-0.4, -0.2) is 182 Å². The molecule has 65 heavy (non-hydrogen) atoms. The summed E-state index contributed by atoms with van der Waals surface area (Å²) in [6.07, 6.45) is 0.783. The maximum Gasteiger partial charge on any atom is 0.377 e. The highest BCUT2D eigenvalue weighted by atomic mass is 32.1. The van der Waals surface area contributed by atoms with Crippen molar-refractivity contribution in [2.75, 3.05) is 45.0 Å². The van der Waals surface area contributed by atoms with Crippen LogP contribution >= 0.6 is 20.2 Å². The van der Waals surface area contributed by atoms with E-state index < -0.39 is 166 Å². The van der Waals surface area contributed by atoms with Crippen LogP contribution in [0.5, 0.6) is 0 Å². The number of hydrogen-bond donors (Lipinski definition) is 16. The van der Waals surface area contributed by atoms with Gasteiger partial charge in [0.15, 0.2) is 5.44 Å². The summed E-state index contributed by atoms with van der Waals surface area (Å²) in [5.41, 5.74) is 4.71. The Morgan fingerprint density at radius 1 is 0.585 bits per heavy atom. The highest BCUT2D eigenvalue weighted by molar-refractivity contribution is 7.80. The Bertz CT molecular complexity index is 2000. The summed E-state index contributed by atoms with van der Waals surface area (Å²) in [6, 6.07) is -7.46. The Morgan fingerprint density at radius 3 is 1.23 bits per heavy atom. The number of aliphatic carboxylic acids is 1. The standard InChI is InChI=1S/C32H52N15O16PS/c1-14(41-22(50)7-37-31(59)18(33)13-65)27(55)34-5-20(48)40-16(3)29(57)36-9-24(52)44-19(11-47-12-25(45-46-47)64(61,62)63)32(60)38-8-23(51)42-15(2)28(56)35-6-21(49)43-17(4)30(58)39-10-26(53)54/h12,14-19,65H,5-11,13,33H2,1-4H3,(H,34,55)(H,35,56)(H,36,57)(H,37,59)(H,38,60)(H,39,58)(H,40,48)(H,41,50)(H,42,51)(H,43,49)(H,44,52)(H,53,54)(H2,61,62,63)/t14-,15-,16-,17-,18-,19-/m0/s1. The van der Waals surface area contributed by atoms with E-state index in [1.165, 1.54) is 27.7 Å². The number of nitrogens with zero attached hydrogens (tertiary/aromatic N) is 3. The summed E-state index contributed by atoms with van der Waals surface area (Å²) in [5, 5.41) is 39.9. The third kappa shape index (κ3) is 22.4. The number of aromatic nitrogens is 3. The van der Waals surface area contributed by atoms with Crippen LogP contribution in [0.15, 0.2) is 6.20 Å². The van der Waals surface area contributed by atoms with Gasteiger partial charge in [-0.15, -0.1) is 5.10 Å². The molecule has 0 aliphatic rings. The molecular formula is C32H52N15O16PS. The largest absolute Gasteiger partial charge is 0.480 e. The number of carbonyl (C=O) groups is 12. The van der Waals surface area contributed by atoms with Crippen LogP contribution in [0, 0.1) is 0 Å². The normalized spacial score (nSPS) is 13.6. The second kappa shape index (κ2) is 27.4. The molecular weight excluding hydrogens is 913 g/mol. The van der Waals surface area contributed by atoms with E-state index >= 15 is 0 Å². The van der Waals surface area contributed by atoms with Gasteiger partial charge in [-0.2, -0.15) is 12.6 Å². The lowest BCUT2D eigenvalue weighted by atomic mass is 10.2. The average Bonchev–Trinajstić information content (AvgIpc) is 3.72. The van der Waals surface area contributed by atoms with Gasteiger partial charge in [0.25, 0.3) is 0 Å². The minimum atomic E-state index is -4.89. The first-order valence-electron chi connectivity index (χ1n) is 18.9. The minimum absolute atomic E-state index is 0.0335. The molecule has 0 aliphatic heterocycles. The van der Waals surface area contributed by atoms with Gasteiger partial charge in [0.05, 0.1) is 51.5 Å². The average molecular weight is 966 g/mol. The van der Waals surface area contributed by atoms with E-state index in [1.54, 1.807) is 0 Å². The minimum Gasteiger partial charge on any atom is -0.480 e. The Morgan fingerprint density at radius 2 is 0.908 bits per heavy atom. The smallest absolute Gasteiger partial charge is 0.377 e. The first-order valence-corrected chi connectivity index (χ1v) is 21.2. The number of carboxylic acid groups (broad SMARTS) is 1. The maximum atomic E-state index is 13.1. The van der Waals surface area contributed by atoms with Crippen molar-refractivity contribution in [3.05, 3.63) is 6.20 Å². The van der Waals surface area contributed by atoms with Crippen molar-refractivity contribution >= 4 is 96.6 Å². The Hall–Kier alpha value is -6.76. The van der Waals surface area contributed by atoms with Gasteiger partial charge in [0.2, 0.25) is 65.0 Å². The molecule has 0 bridgehead atoms. The SMILES string of the molecule is C[C@H](NC(=O)CNC(=O)[C@H](C)NC(=O)CNC(=O)[C@H](Cn1cc(P(=O)(O)O)nn1)NC(=O)CNC(=O)[C@H](C)NC(=O)CNC(=O)[C@H](C)NC(=O)CNC(=O)[C@@H](N)CS)C(=O)NCC(=O)O. The predicted octanol–water partition coefficient (Wildman–Crippen LogP) is -10.4.